The van der Waals surface area contributed by atoms with Gasteiger partial charge in [0.15, 0.2) is 0 Å². The quantitative estimate of drug-likeness (QED) is 0.663. The van der Waals surface area contributed by atoms with Crippen LogP contribution in [0.3, 0.4) is 0 Å². The van der Waals surface area contributed by atoms with Crippen molar-refractivity contribution < 1.29 is 19.1 Å². The molecule has 1 fully saturated rings. The van der Waals surface area contributed by atoms with Gasteiger partial charge in [0.25, 0.3) is 5.91 Å². The van der Waals surface area contributed by atoms with Gasteiger partial charge in [-0.1, -0.05) is 0 Å². The maximum Gasteiger partial charge on any atom is 0.254 e. The summed E-state index contributed by atoms with van der Waals surface area (Å²) in [5.41, 5.74) is 5.66. The first-order valence-electron chi connectivity index (χ1n) is 9.86. The molecular weight excluding hydrogens is 360 g/mol. The van der Waals surface area contributed by atoms with E-state index in [1.165, 1.54) is 0 Å². The van der Waals surface area contributed by atoms with Crippen molar-refractivity contribution in [2.75, 3.05) is 19.7 Å². The number of carbonyl (C=O) groups excluding carboxylic acids is 3. The number of hydrogen-bond acceptors (Lipinski definition) is 5. The minimum atomic E-state index is -0.388. The topological polar surface area (TPSA) is 115 Å². The number of ether oxygens (including phenoxy) is 1. The van der Waals surface area contributed by atoms with E-state index in [9.17, 15) is 14.4 Å². The zero-order valence-electron chi connectivity index (χ0n) is 16.6. The number of aromatic nitrogens is 1. The predicted molar refractivity (Wildman–Crippen MR) is 105 cm³/mol. The minimum absolute atomic E-state index is 0.0232. The number of nitrogens with one attached hydrogen (secondary N) is 1. The molecular formula is C20H30N4O4. The summed E-state index contributed by atoms with van der Waals surface area (Å²) in [6, 6.07) is 3.41. The second-order valence-electron chi connectivity index (χ2n) is 7.12. The molecule has 3 N–H and O–H groups in total. The van der Waals surface area contributed by atoms with E-state index in [1.54, 1.807) is 18.3 Å². The molecule has 0 unspecified atom stereocenters. The van der Waals surface area contributed by atoms with Crippen molar-refractivity contribution in [1.82, 2.24) is 15.2 Å². The zero-order valence-corrected chi connectivity index (χ0v) is 16.6. The van der Waals surface area contributed by atoms with Gasteiger partial charge in [0.2, 0.25) is 17.7 Å². The van der Waals surface area contributed by atoms with Crippen molar-refractivity contribution in [2.24, 2.45) is 11.7 Å². The van der Waals surface area contributed by atoms with Crippen LogP contribution < -0.4 is 15.8 Å². The number of hydrogen-bond donors (Lipinski definition) is 2. The van der Waals surface area contributed by atoms with Gasteiger partial charge in [-0.2, -0.15) is 0 Å². The number of likely N-dealkylation sites (tertiary alicyclic amines) is 1. The lowest BCUT2D eigenvalue weighted by Crippen LogP contribution is -2.45. The number of primary amides is 1. The van der Waals surface area contributed by atoms with Gasteiger partial charge in [-0.15, -0.1) is 0 Å². The first-order valence-corrected chi connectivity index (χ1v) is 9.86. The fourth-order valence-electron chi connectivity index (χ4n) is 3.42. The third kappa shape index (κ3) is 6.51. The van der Waals surface area contributed by atoms with Crippen molar-refractivity contribution in [3.63, 3.8) is 0 Å². The second kappa shape index (κ2) is 10.6. The maximum absolute atomic E-state index is 12.7. The van der Waals surface area contributed by atoms with Crippen molar-refractivity contribution in [3.8, 4) is 5.88 Å². The summed E-state index contributed by atoms with van der Waals surface area (Å²) < 4.78 is 5.36. The van der Waals surface area contributed by atoms with E-state index in [1.807, 2.05) is 18.7 Å². The van der Waals surface area contributed by atoms with Crippen LogP contribution in [-0.2, 0) is 9.59 Å². The Hall–Kier alpha value is -2.64. The number of pyridine rings is 1. The Kier molecular flexibility index (Phi) is 8.22. The Balaban J connectivity index is 1.80. The van der Waals surface area contributed by atoms with Crippen LogP contribution in [0.5, 0.6) is 5.88 Å². The van der Waals surface area contributed by atoms with E-state index in [0.717, 1.165) is 12.8 Å². The molecule has 1 aromatic heterocycles. The van der Waals surface area contributed by atoms with Gasteiger partial charge < -0.3 is 20.7 Å². The van der Waals surface area contributed by atoms with Crippen LogP contribution in [0.4, 0.5) is 0 Å². The Labute approximate surface area is 165 Å². The number of nitrogens with zero attached hydrogens (tertiary/aromatic N) is 2. The second-order valence-corrected chi connectivity index (χ2v) is 7.12. The SMILES string of the molecule is CCOc1cc(C(=O)N2CCC([C@@H](C)NC(=O)CCCC(N)=O)CC2)ccn1. The smallest absolute Gasteiger partial charge is 0.254 e. The summed E-state index contributed by atoms with van der Waals surface area (Å²) >= 11 is 0. The summed E-state index contributed by atoms with van der Waals surface area (Å²) in [4.78, 5) is 41.4. The molecule has 0 bridgehead atoms. The van der Waals surface area contributed by atoms with Crippen molar-refractivity contribution >= 4 is 17.7 Å². The van der Waals surface area contributed by atoms with Gasteiger partial charge in [-0.3, -0.25) is 14.4 Å². The highest BCUT2D eigenvalue weighted by Crippen LogP contribution is 2.23. The molecule has 28 heavy (non-hydrogen) atoms. The molecule has 1 aliphatic rings. The highest BCUT2D eigenvalue weighted by Gasteiger charge is 2.27. The van der Waals surface area contributed by atoms with E-state index in [4.69, 9.17) is 10.5 Å². The molecule has 0 aliphatic carbocycles. The van der Waals surface area contributed by atoms with Gasteiger partial charge in [-0.05, 0) is 45.1 Å². The van der Waals surface area contributed by atoms with Crippen LogP contribution in [-0.4, -0.2) is 53.3 Å². The highest BCUT2D eigenvalue weighted by molar-refractivity contribution is 5.94. The summed E-state index contributed by atoms with van der Waals surface area (Å²) in [7, 11) is 0. The number of amides is 3. The molecule has 2 heterocycles. The number of rotatable bonds is 9. The molecule has 0 spiro atoms. The summed E-state index contributed by atoms with van der Waals surface area (Å²) in [6.07, 6.45) is 4.24. The molecule has 1 atom stereocenters. The number of piperidine rings is 1. The van der Waals surface area contributed by atoms with Crippen LogP contribution in [0.2, 0.25) is 0 Å². The van der Waals surface area contributed by atoms with Crippen LogP contribution in [0.25, 0.3) is 0 Å². The van der Waals surface area contributed by atoms with Crippen LogP contribution in [0.1, 0.15) is 56.3 Å². The summed E-state index contributed by atoms with van der Waals surface area (Å²) in [5.74, 6) is 0.300. The van der Waals surface area contributed by atoms with Crippen molar-refractivity contribution in [2.45, 2.75) is 52.0 Å². The third-order valence-corrected chi connectivity index (χ3v) is 5.02. The molecule has 2 rings (SSSR count). The van der Waals surface area contributed by atoms with Gasteiger partial charge in [-0.25, -0.2) is 4.98 Å². The predicted octanol–water partition coefficient (Wildman–Crippen LogP) is 1.49. The zero-order chi connectivity index (χ0) is 20.5. The Morgan fingerprint density at radius 2 is 2.04 bits per heavy atom. The fourth-order valence-corrected chi connectivity index (χ4v) is 3.42. The van der Waals surface area contributed by atoms with E-state index in [2.05, 4.69) is 10.3 Å². The largest absolute Gasteiger partial charge is 0.478 e. The number of nitrogens with two attached hydrogens (primary N) is 1. The molecule has 1 aliphatic heterocycles. The molecule has 154 valence electrons. The fraction of sp³-hybridized carbons (Fsp3) is 0.600. The average molecular weight is 390 g/mol. The van der Waals surface area contributed by atoms with E-state index in [-0.39, 0.29) is 30.2 Å². The summed E-state index contributed by atoms with van der Waals surface area (Å²) in [5, 5.41) is 3.00. The molecule has 8 nitrogen and oxygen atoms in total. The van der Waals surface area contributed by atoms with Gasteiger partial charge in [0, 0.05) is 49.8 Å². The van der Waals surface area contributed by atoms with E-state index < -0.39 is 0 Å². The standard InChI is InChI=1S/C20H30N4O4/c1-3-28-19-13-16(7-10-22-19)20(27)24-11-8-15(9-12-24)14(2)23-18(26)6-4-5-17(21)25/h7,10,13-15H,3-6,8-9,11-12H2,1-2H3,(H2,21,25)(H,23,26)/t14-/m1/s1. The van der Waals surface area contributed by atoms with Crippen LogP contribution >= 0.6 is 0 Å². The Morgan fingerprint density at radius 3 is 2.68 bits per heavy atom. The Bertz CT molecular complexity index is 687. The van der Waals surface area contributed by atoms with Crippen molar-refractivity contribution in [3.05, 3.63) is 23.9 Å². The molecule has 1 aromatic rings. The molecule has 0 radical (unpaired) electrons. The molecule has 3 amide bonds. The maximum atomic E-state index is 12.7. The minimum Gasteiger partial charge on any atom is -0.478 e. The first kappa shape index (κ1) is 21.7. The van der Waals surface area contributed by atoms with Crippen LogP contribution in [0, 0.1) is 5.92 Å². The van der Waals surface area contributed by atoms with Crippen LogP contribution in [0.15, 0.2) is 18.3 Å². The lowest BCUT2D eigenvalue weighted by molar-refractivity contribution is -0.122. The van der Waals surface area contributed by atoms with Gasteiger partial charge >= 0.3 is 0 Å². The molecule has 8 heteroatoms. The monoisotopic (exact) mass is 390 g/mol. The lowest BCUT2D eigenvalue weighted by atomic mass is 9.90. The number of carbonyl (C=O) groups is 3. The summed E-state index contributed by atoms with van der Waals surface area (Å²) in [6.45, 7) is 5.67. The third-order valence-electron chi connectivity index (χ3n) is 5.02. The molecule has 0 saturated carbocycles. The van der Waals surface area contributed by atoms with E-state index in [0.29, 0.717) is 49.9 Å². The first-order chi connectivity index (χ1) is 13.4. The highest BCUT2D eigenvalue weighted by atomic mass is 16.5. The molecule has 0 aromatic carbocycles. The van der Waals surface area contributed by atoms with Crippen molar-refractivity contribution in [1.29, 1.82) is 0 Å². The Morgan fingerprint density at radius 1 is 1.32 bits per heavy atom. The normalized spacial score (nSPS) is 15.7. The molecule has 1 saturated heterocycles. The average Bonchev–Trinajstić information content (AvgIpc) is 2.67. The van der Waals surface area contributed by atoms with Gasteiger partial charge in [0.05, 0.1) is 6.61 Å². The van der Waals surface area contributed by atoms with Gasteiger partial charge in [0.1, 0.15) is 0 Å². The lowest BCUT2D eigenvalue weighted by Gasteiger charge is -2.35. The van der Waals surface area contributed by atoms with E-state index >= 15 is 0 Å².